The number of thiophene rings is 1. The number of hydrogen-bond donors (Lipinski definition) is 0. The smallest absolute Gasteiger partial charge is 0.141 e. The largest absolute Gasteiger partial charge is 0.354 e. The topological polar surface area (TPSA) is 32.3 Å². The van der Waals surface area contributed by atoms with Crippen LogP contribution in [0.25, 0.3) is 21.3 Å². The fourth-order valence-corrected chi connectivity index (χ4v) is 5.35. The zero-order valence-corrected chi connectivity index (χ0v) is 16.0. The van der Waals surface area contributed by atoms with Crippen LogP contribution in [0.5, 0.6) is 0 Å². The first-order chi connectivity index (χ1) is 12.8. The minimum absolute atomic E-state index is 0.684. The van der Waals surface area contributed by atoms with Crippen molar-refractivity contribution in [3.63, 3.8) is 0 Å². The summed E-state index contributed by atoms with van der Waals surface area (Å²) in [6.07, 6.45) is 5.61. The molecule has 4 nitrogen and oxygen atoms in total. The highest BCUT2D eigenvalue weighted by Gasteiger charge is 2.30. The fraction of sp³-hybridized carbons (Fsp3) is 0.429. The highest BCUT2D eigenvalue weighted by molar-refractivity contribution is 7.17. The van der Waals surface area contributed by atoms with Crippen molar-refractivity contribution in [1.29, 1.82) is 0 Å². The van der Waals surface area contributed by atoms with Gasteiger partial charge < -0.3 is 4.90 Å². The van der Waals surface area contributed by atoms with Crippen LogP contribution in [0.1, 0.15) is 24.8 Å². The van der Waals surface area contributed by atoms with Gasteiger partial charge in [-0.05, 0) is 38.3 Å². The Morgan fingerprint density at radius 3 is 2.77 bits per heavy atom. The average molecular weight is 365 g/mol. The van der Waals surface area contributed by atoms with Gasteiger partial charge in [-0.25, -0.2) is 9.97 Å². The lowest BCUT2D eigenvalue weighted by Crippen LogP contribution is -2.37. The predicted octanol–water partition coefficient (Wildman–Crippen LogP) is 4.34. The van der Waals surface area contributed by atoms with Crippen molar-refractivity contribution >= 4 is 27.4 Å². The molecule has 0 radical (unpaired) electrons. The van der Waals surface area contributed by atoms with Crippen LogP contribution in [0.4, 0.5) is 5.82 Å². The molecule has 5 heteroatoms. The summed E-state index contributed by atoms with van der Waals surface area (Å²) < 4.78 is 0. The number of hydrogen-bond acceptors (Lipinski definition) is 5. The maximum atomic E-state index is 4.77. The lowest BCUT2D eigenvalue weighted by molar-refractivity contribution is 0.273. The third-order valence-corrected chi connectivity index (χ3v) is 6.70. The first kappa shape index (κ1) is 16.2. The molecule has 2 aromatic heterocycles. The molecule has 1 aromatic carbocycles. The molecule has 0 aliphatic carbocycles. The minimum atomic E-state index is 0.684. The SMILES string of the molecule is Cc1ccc(-c2csc3ncnc(N4CCCN5CCCC5C4)c23)cc1. The Hall–Kier alpha value is -1.98. The van der Waals surface area contributed by atoms with E-state index in [-0.39, 0.29) is 0 Å². The molecule has 2 fully saturated rings. The number of fused-ring (bicyclic) bond motifs is 2. The van der Waals surface area contributed by atoms with Crippen molar-refractivity contribution in [2.45, 2.75) is 32.2 Å². The number of aryl methyl sites for hydroxylation is 1. The average Bonchev–Trinajstić information content (AvgIpc) is 3.24. The number of rotatable bonds is 2. The first-order valence-electron chi connectivity index (χ1n) is 9.58. The van der Waals surface area contributed by atoms with Crippen LogP contribution < -0.4 is 4.90 Å². The number of nitrogens with zero attached hydrogens (tertiary/aromatic N) is 4. The van der Waals surface area contributed by atoms with Crippen molar-refractivity contribution in [1.82, 2.24) is 14.9 Å². The van der Waals surface area contributed by atoms with Crippen LogP contribution in [0.2, 0.25) is 0 Å². The van der Waals surface area contributed by atoms with Gasteiger partial charge in [-0.15, -0.1) is 11.3 Å². The summed E-state index contributed by atoms with van der Waals surface area (Å²) in [7, 11) is 0. The molecule has 3 aromatic rings. The third-order valence-electron chi connectivity index (χ3n) is 5.82. The second kappa shape index (κ2) is 6.63. The molecule has 1 unspecified atom stereocenters. The quantitative estimate of drug-likeness (QED) is 0.677. The van der Waals surface area contributed by atoms with Gasteiger partial charge in [0, 0.05) is 36.6 Å². The Morgan fingerprint density at radius 1 is 1.04 bits per heavy atom. The normalized spacial score (nSPS) is 21.1. The van der Waals surface area contributed by atoms with Gasteiger partial charge in [0.1, 0.15) is 17.0 Å². The third kappa shape index (κ3) is 2.79. The van der Waals surface area contributed by atoms with Crippen molar-refractivity contribution in [2.24, 2.45) is 0 Å². The van der Waals surface area contributed by atoms with Gasteiger partial charge in [-0.3, -0.25) is 4.90 Å². The summed E-state index contributed by atoms with van der Waals surface area (Å²) in [5.74, 6) is 1.13. The lowest BCUT2D eigenvalue weighted by atomic mass is 10.0. The molecule has 26 heavy (non-hydrogen) atoms. The molecule has 0 bridgehead atoms. The fourth-order valence-electron chi connectivity index (χ4n) is 4.44. The van der Waals surface area contributed by atoms with E-state index in [2.05, 4.69) is 51.4 Å². The van der Waals surface area contributed by atoms with Crippen LogP contribution in [-0.4, -0.2) is 47.1 Å². The van der Waals surface area contributed by atoms with E-state index in [0.29, 0.717) is 6.04 Å². The van der Waals surface area contributed by atoms with E-state index in [1.807, 2.05) is 0 Å². The molecule has 134 valence electrons. The van der Waals surface area contributed by atoms with Crippen LogP contribution in [0, 0.1) is 6.92 Å². The maximum absolute atomic E-state index is 4.77. The Labute approximate surface area is 158 Å². The van der Waals surface area contributed by atoms with Crippen LogP contribution in [-0.2, 0) is 0 Å². The van der Waals surface area contributed by atoms with E-state index < -0.39 is 0 Å². The van der Waals surface area contributed by atoms with Gasteiger partial charge in [-0.1, -0.05) is 29.8 Å². The molecule has 4 heterocycles. The Bertz CT molecular complexity index is 917. The first-order valence-corrected chi connectivity index (χ1v) is 10.5. The molecule has 2 saturated heterocycles. The summed E-state index contributed by atoms with van der Waals surface area (Å²) in [5.41, 5.74) is 3.82. The second-order valence-electron chi connectivity index (χ2n) is 7.52. The van der Waals surface area contributed by atoms with Crippen molar-refractivity contribution in [3.8, 4) is 11.1 Å². The van der Waals surface area contributed by atoms with Crippen LogP contribution in [0.3, 0.4) is 0 Å². The maximum Gasteiger partial charge on any atom is 0.141 e. The number of benzene rings is 1. The molecule has 0 amide bonds. The molecule has 2 aliphatic heterocycles. The van der Waals surface area contributed by atoms with Crippen LogP contribution in [0.15, 0.2) is 36.0 Å². The molecular formula is C21H24N4S. The van der Waals surface area contributed by atoms with Gasteiger partial charge in [0.2, 0.25) is 0 Å². The minimum Gasteiger partial charge on any atom is -0.354 e. The van der Waals surface area contributed by atoms with Crippen molar-refractivity contribution < 1.29 is 0 Å². The highest BCUT2D eigenvalue weighted by Crippen LogP contribution is 2.38. The molecular weight excluding hydrogens is 340 g/mol. The van der Waals surface area contributed by atoms with E-state index in [0.717, 1.165) is 23.7 Å². The van der Waals surface area contributed by atoms with E-state index >= 15 is 0 Å². The Morgan fingerprint density at radius 2 is 1.88 bits per heavy atom. The van der Waals surface area contributed by atoms with Gasteiger partial charge in [-0.2, -0.15) is 0 Å². The highest BCUT2D eigenvalue weighted by atomic mass is 32.1. The molecule has 5 rings (SSSR count). The van der Waals surface area contributed by atoms with E-state index in [1.165, 1.54) is 54.4 Å². The summed E-state index contributed by atoms with van der Waals surface area (Å²) in [6, 6.07) is 9.49. The van der Waals surface area contributed by atoms with E-state index in [4.69, 9.17) is 4.98 Å². The molecule has 1 atom stereocenters. The zero-order chi connectivity index (χ0) is 17.5. The summed E-state index contributed by atoms with van der Waals surface area (Å²) in [5, 5.41) is 3.47. The Kier molecular flexibility index (Phi) is 4.14. The second-order valence-corrected chi connectivity index (χ2v) is 8.38. The molecule has 0 saturated carbocycles. The molecule has 0 N–H and O–H groups in total. The van der Waals surface area contributed by atoms with Crippen molar-refractivity contribution in [2.75, 3.05) is 31.1 Å². The van der Waals surface area contributed by atoms with Gasteiger partial charge in [0.15, 0.2) is 0 Å². The number of anilines is 1. The van der Waals surface area contributed by atoms with Gasteiger partial charge in [0.05, 0.1) is 5.39 Å². The summed E-state index contributed by atoms with van der Waals surface area (Å²) in [4.78, 5) is 15.6. The standard InChI is InChI=1S/C21H24N4S/c1-15-5-7-16(8-6-15)18-13-26-21-19(18)20(22-14-23-21)25-11-3-10-24-9-2-4-17(24)12-25/h5-8,13-14,17H,2-4,9-12H2,1H3. The van der Waals surface area contributed by atoms with E-state index in [9.17, 15) is 0 Å². The van der Waals surface area contributed by atoms with Crippen molar-refractivity contribution in [3.05, 3.63) is 41.5 Å². The monoisotopic (exact) mass is 364 g/mol. The predicted molar refractivity (Wildman–Crippen MR) is 109 cm³/mol. The number of aromatic nitrogens is 2. The molecule has 0 spiro atoms. The van der Waals surface area contributed by atoms with Crippen LogP contribution >= 0.6 is 11.3 Å². The summed E-state index contributed by atoms with van der Waals surface area (Å²) in [6.45, 7) is 6.81. The molecule has 2 aliphatic rings. The lowest BCUT2D eigenvalue weighted by Gasteiger charge is -2.27. The van der Waals surface area contributed by atoms with Gasteiger partial charge in [0.25, 0.3) is 0 Å². The summed E-state index contributed by atoms with van der Waals surface area (Å²) >= 11 is 1.73. The van der Waals surface area contributed by atoms with E-state index in [1.54, 1.807) is 17.7 Å². The Balaban J connectivity index is 1.59. The van der Waals surface area contributed by atoms with Gasteiger partial charge >= 0.3 is 0 Å². The zero-order valence-electron chi connectivity index (χ0n) is 15.2.